The van der Waals surface area contributed by atoms with E-state index >= 15 is 0 Å². The first-order chi connectivity index (χ1) is 19.4. The molecule has 7 nitrogen and oxygen atoms in total. The van der Waals surface area contributed by atoms with E-state index in [-0.39, 0.29) is 61.0 Å². The Morgan fingerprint density at radius 3 is 2.15 bits per heavy atom. The lowest BCUT2D eigenvalue weighted by atomic mass is 9.85. The average Bonchev–Trinajstić information content (AvgIpc) is 3.57. The topological polar surface area (TPSA) is 86.8 Å². The zero-order valence-electron chi connectivity index (χ0n) is 22.6. The molecule has 1 saturated heterocycles. The van der Waals surface area contributed by atoms with Crippen molar-refractivity contribution in [2.75, 3.05) is 6.54 Å². The zero-order chi connectivity index (χ0) is 28.1. The molecule has 3 aliphatic rings. The largest absolute Gasteiger partial charge is 0.352 e. The third kappa shape index (κ3) is 6.54. The summed E-state index contributed by atoms with van der Waals surface area (Å²) in [5.41, 5.74) is 1.86. The van der Waals surface area contributed by atoms with Gasteiger partial charge >= 0.3 is 0 Å². The van der Waals surface area contributed by atoms with E-state index in [0.717, 1.165) is 41.3 Å². The van der Waals surface area contributed by atoms with Gasteiger partial charge in [0.25, 0.3) is 0 Å². The summed E-state index contributed by atoms with van der Waals surface area (Å²) < 4.78 is 0.927. The van der Waals surface area contributed by atoms with Crippen LogP contribution in [0.2, 0.25) is 0 Å². The summed E-state index contributed by atoms with van der Waals surface area (Å²) in [7, 11) is 0. The minimum Gasteiger partial charge on any atom is -0.352 e. The van der Waals surface area contributed by atoms with Crippen LogP contribution in [0.5, 0.6) is 0 Å². The van der Waals surface area contributed by atoms with Crippen molar-refractivity contribution in [2.45, 2.75) is 70.0 Å². The van der Waals surface area contributed by atoms with Crippen LogP contribution in [-0.4, -0.2) is 52.1 Å². The Balaban J connectivity index is 1.38. The molecule has 1 saturated carbocycles. The molecule has 1 aliphatic heterocycles. The van der Waals surface area contributed by atoms with Crippen molar-refractivity contribution in [3.8, 4) is 0 Å². The quantitative estimate of drug-likeness (QED) is 0.312. The van der Waals surface area contributed by atoms with Gasteiger partial charge in [0.05, 0.1) is 11.8 Å². The van der Waals surface area contributed by atoms with Crippen molar-refractivity contribution in [1.29, 1.82) is 0 Å². The van der Waals surface area contributed by atoms with Gasteiger partial charge in [-0.1, -0.05) is 83.4 Å². The molecule has 2 aromatic rings. The van der Waals surface area contributed by atoms with Gasteiger partial charge in [-0.05, 0) is 48.9 Å². The first kappa shape index (κ1) is 28.3. The second-order valence-electron chi connectivity index (χ2n) is 11.1. The van der Waals surface area contributed by atoms with Gasteiger partial charge in [0, 0.05) is 36.4 Å². The lowest BCUT2D eigenvalue weighted by Crippen LogP contribution is -2.52. The molecule has 0 bridgehead atoms. The fraction of sp³-hybridized carbons (Fsp3) is 0.438. The van der Waals surface area contributed by atoms with E-state index in [9.17, 15) is 19.2 Å². The van der Waals surface area contributed by atoms with Crippen LogP contribution < -0.4 is 5.32 Å². The zero-order valence-corrected chi connectivity index (χ0v) is 24.2. The standard InChI is InChI=1S/C32H36BrN3O4/c33-24-16-14-23(15-17-24)21-36(29(37)18-19-35-31(39)26-12-6-7-13-27(26)32(35)40)28(20-22-8-2-1-3-9-22)30(38)34-25-10-4-5-11-25/h1-3,6-9,14-17,25-28H,4-5,10-13,18-21H2,(H,34,38)/t26-,27+,28-/m1/s1. The van der Waals surface area contributed by atoms with E-state index in [2.05, 4.69) is 21.2 Å². The Hall–Kier alpha value is -3.26. The second-order valence-corrected chi connectivity index (χ2v) is 12.0. The number of hydrogen-bond acceptors (Lipinski definition) is 4. The minimum absolute atomic E-state index is 0.0249. The average molecular weight is 607 g/mol. The van der Waals surface area contributed by atoms with Crippen molar-refractivity contribution in [2.24, 2.45) is 11.8 Å². The van der Waals surface area contributed by atoms with Crippen LogP contribution in [0.4, 0.5) is 0 Å². The van der Waals surface area contributed by atoms with Crippen LogP contribution in [0.1, 0.15) is 56.1 Å². The molecule has 0 unspecified atom stereocenters. The Bertz CT molecular complexity index is 1230. The Labute approximate surface area is 244 Å². The Morgan fingerprint density at radius 1 is 0.900 bits per heavy atom. The molecule has 40 heavy (non-hydrogen) atoms. The van der Waals surface area contributed by atoms with Gasteiger partial charge < -0.3 is 10.2 Å². The first-order valence-electron chi connectivity index (χ1n) is 14.3. The van der Waals surface area contributed by atoms with Crippen LogP contribution in [0, 0.1) is 11.8 Å². The van der Waals surface area contributed by atoms with Crippen LogP contribution in [-0.2, 0) is 32.1 Å². The predicted molar refractivity (Wildman–Crippen MR) is 156 cm³/mol. The maximum atomic E-state index is 13.9. The smallest absolute Gasteiger partial charge is 0.243 e. The molecule has 3 atom stereocenters. The summed E-state index contributed by atoms with van der Waals surface area (Å²) in [6.45, 7) is 0.279. The molecule has 2 fully saturated rings. The summed E-state index contributed by atoms with van der Waals surface area (Å²) in [4.78, 5) is 56.7. The molecule has 1 heterocycles. The SMILES string of the molecule is O=C(NC1CCCC1)[C@@H](Cc1ccccc1)N(Cc1ccc(Br)cc1)C(=O)CCN1C(=O)[C@H]2CC=CC[C@H]2C1=O. The van der Waals surface area contributed by atoms with E-state index in [0.29, 0.717) is 19.3 Å². The molecule has 4 amide bonds. The highest BCUT2D eigenvalue weighted by Crippen LogP contribution is 2.35. The molecule has 0 radical (unpaired) electrons. The molecule has 0 spiro atoms. The number of halogens is 1. The van der Waals surface area contributed by atoms with Gasteiger partial charge in [0.1, 0.15) is 6.04 Å². The van der Waals surface area contributed by atoms with Crippen LogP contribution >= 0.6 is 15.9 Å². The molecular weight excluding hydrogens is 570 g/mol. The predicted octanol–water partition coefficient (Wildman–Crippen LogP) is 4.79. The fourth-order valence-electron chi connectivity index (χ4n) is 6.15. The highest BCUT2D eigenvalue weighted by molar-refractivity contribution is 9.10. The van der Waals surface area contributed by atoms with E-state index in [1.165, 1.54) is 4.90 Å². The molecule has 5 rings (SSSR count). The van der Waals surface area contributed by atoms with E-state index < -0.39 is 6.04 Å². The molecule has 2 aromatic carbocycles. The van der Waals surface area contributed by atoms with Gasteiger partial charge in [-0.2, -0.15) is 0 Å². The van der Waals surface area contributed by atoms with Gasteiger partial charge in [-0.25, -0.2) is 0 Å². The van der Waals surface area contributed by atoms with Crippen LogP contribution in [0.3, 0.4) is 0 Å². The number of likely N-dealkylation sites (tertiary alicyclic amines) is 1. The first-order valence-corrected chi connectivity index (χ1v) is 15.1. The van der Waals surface area contributed by atoms with Crippen molar-refractivity contribution >= 4 is 39.6 Å². The molecule has 0 aromatic heterocycles. The Morgan fingerprint density at radius 2 is 1.52 bits per heavy atom. The van der Waals surface area contributed by atoms with Crippen molar-refractivity contribution in [3.05, 3.63) is 82.3 Å². The molecular formula is C32H36BrN3O4. The number of carbonyl (C=O) groups is 4. The number of nitrogens with zero attached hydrogens (tertiary/aromatic N) is 2. The van der Waals surface area contributed by atoms with Gasteiger partial charge in [-0.15, -0.1) is 0 Å². The summed E-state index contributed by atoms with van der Waals surface area (Å²) in [6.07, 6.45) is 9.46. The van der Waals surface area contributed by atoms with Gasteiger partial charge in [-0.3, -0.25) is 24.1 Å². The fourth-order valence-corrected chi connectivity index (χ4v) is 6.41. The maximum Gasteiger partial charge on any atom is 0.243 e. The van der Waals surface area contributed by atoms with E-state index in [1.807, 2.05) is 66.7 Å². The van der Waals surface area contributed by atoms with Gasteiger partial charge in [0.15, 0.2) is 0 Å². The van der Waals surface area contributed by atoms with E-state index in [1.54, 1.807) is 4.90 Å². The number of rotatable bonds is 10. The maximum absolute atomic E-state index is 13.9. The van der Waals surface area contributed by atoms with Crippen LogP contribution in [0.15, 0.2) is 71.2 Å². The molecule has 1 N–H and O–H groups in total. The highest BCUT2D eigenvalue weighted by Gasteiger charge is 2.47. The lowest BCUT2D eigenvalue weighted by Gasteiger charge is -2.33. The van der Waals surface area contributed by atoms with Crippen molar-refractivity contribution < 1.29 is 19.2 Å². The summed E-state index contributed by atoms with van der Waals surface area (Å²) in [5.74, 6) is -1.44. The third-order valence-corrected chi connectivity index (χ3v) is 8.92. The number of hydrogen-bond donors (Lipinski definition) is 1. The lowest BCUT2D eigenvalue weighted by molar-refractivity contribution is -0.144. The van der Waals surface area contributed by atoms with E-state index in [4.69, 9.17) is 0 Å². The number of allylic oxidation sites excluding steroid dienone is 2. The molecule has 8 heteroatoms. The summed E-state index contributed by atoms with van der Waals surface area (Å²) >= 11 is 3.47. The van der Waals surface area contributed by atoms with Gasteiger partial charge in [0.2, 0.25) is 23.6 Å². The normalized spacial score (nSPS) is 21.4. The van der Waals surface area contributed by atoms with Crippen molar-refractivity contribution in [3.63, 3.8) is 0 Å². The number of fused-ring (bicyclic) bond motifs is 1. The Kier molecular flexibility index (Phi) is 9.15. The summed E-state index contributed by atoms with van der Waals surface area (Å²) in [5, 5.41) is 3.21. The third-order valence-electron chi connectivity index (χ3n) is 8.39. The molecule has 2 aliphatic carbocycles. The van der Waals surface area contributed by atoms with Crippen LogP contribution in [0.25, 0.3) is 0 Å². The number of amides is 4. The number of imide groups is 1. The minimum atomic E-state index is -0.726. The van der Waals surface area contributed by atoms with Crippen molar-refractivity contribution in [1.82, 2.24) is 15.1 Å². The second kappa shape index (κ2) is 12.9. The number of benzene rings is 2. The monoisotopic (exact) mass is 605 g/mol. The highest BCUT2D eigenvalue weighted by atomic mass is 79.9. The molecule has 210 valence electrons. The number of carbonyl (C=O) groups excluding carboxylic acids is 4. The number of nitrogens with one attached hydrogen (secondary N) is 1. The summed E-state index contributed by atoms with van der Waals surface area (Å²) in [6, 6.07) is 16.8.